The maximum atomic E-state index is 13.1. The fourth-order valence-corrected chi connectivity index (χ4v) is 3.81. The van der Waals surface area contributed by atoms with Crippen LogP contribution in [-0.2, 0) is 20.3 Å². The third-order valence-electron chi connectivity index (χ3n) is 3.03. The molecule has 1 aliphatic heterocycles. The largest absolute Gasteiger partial charge is 0.377 e. The van der Waals surface area contributed by atoms with E-state index in [9.17, 15) is 12.8 Å². The molecule has 6 heteroatoms. The van der Waals surface area contributed by atoms with Crippen LogP contribution in [0.2, 0.25) is 0 Å². The van der Waals surface area contributed by atoms with Crippen molar-refractivity contribution in [2.24, 2.45) is 0 Å². The summed E-state index contributed by atoms with van der Waals surface area (Å²) in [6.45, 7) is 0.587. The van der Waals surface area contributed by atoms with E-state index >= 15 is 0 Å². The highest BCUT2D eigenvalue weighted by molar-refractivity contribution is 7.90. The Morgan fingerprint density at radius 3 is 2.89 bits per heavy atom. The molecule has 19 heavy (non-hydrogen) atoms. The smallest absolute Gasteiger partial charge is 0.157 e. The van der Waals surface area contributed by atoms with Gasteiger partial charge in [-0.25, -0.2) is 12.8 Å². The van der Waals surface area contributed by atoms with Gasteiger partial charge in [-0.2, -0.15) is 5.26 Å². The van der Waals surface area contributed by atoms with Crippen LogP contribution < -0.4 is 0 Å². The molecule has 0 bridgehead atoms. The van der Waals surface area contributed by atoms with Crippen LogP contribution in [0.3, 0.4) is 0 Å². The standard InChI is InChI=1S/C13H14FNO3S/c14-12-4-3-10(7-15)11(6-12)8-19(16,17)9-13-2-1-5-18-13/h3-4,6,13H,1-2,5,8-9H2. The SMILES string of the molecule is N#Cc1ccc(F)cc1CS(=O)(=O)CC1CCCO1. The molecule has 0 spiro atoms. The van der Waals surface area contributed by atoms with Gasteiger partial charge >= 0.3 is 0 Å². The van der Waals surface area contributed by atoms with E-state index in [0.717, 1.165) is 25.0 Å². The van der Waals surface area contributed by atoms with Crippen LogP contribution in [0.15, 0.2) is 18.2 Å². The second-order valence-electron chi connectivity index (χ2n) is 4.60. The molecule has 0 aliphatic carbocycles. The van der Waals surface area contributed by atoms with Crippen LogP contribution in [0.4, 0.5) is 4.39 Å². The maximum absolute atomic E-state index is 13.1. The first-order chi connectivity index (χ1) is 9.00. The Kier molecular flexibility index (Phi) is 4.17. The van der Waals surface area contributed by atoms with Crippen molar-refractivity contribution in [1.82, 2.24) is 0 Å². The Morgan fingerprint density at radius 2 is 2.26 bits per heavy atom. The number of benzene rings is 1. The normalized spacial score (nSPS) is 19.3. The molecule has 1 heterocycles. The lowest BCUT2D eigenvalue weighted by Gasteiger charge is -2.11. The number of rotatable bonds is 4. The maximum Gasteiger partial charge on any atom is 0.157 e. The molecule has 1 unspecified atom stereocenters. The van der Waals surface area contributed by atoms with Crippen LogP contribution in [0, 0.1) is 17.1 Å². The first kappa shape index (κ1) is 14.0. The molecule has 102 valence electrons. The summed E-state index contributed by atoms with van der Waals surface area (Å²) in [4.78, 5) is 0. The van der Waals surface area contributed by atoms with Gasteiger partial charge in [-0.15, -0.1) is 0 Å². The van der Waals surface area contributed by atoms with E-state index in [4.69, 9.17) is 10.00 Å². The van der Waals surface area contributed by atoms with Gasteiger partial charge in [0.2, 0.25) is 0 Å². The molecule has 0 aromatic heterocycles. The second kappa shape index (κ2) is 5.68. The number of hydrogen-bond acceptors (Lipinski definition) is 4. The van der Waals surface area contributed by atoms with Crippen molar-refractivity contribution in [2.45, 2.75) is 24.7 Å². The average molecular weight is 283 g/mol. The number of halogens is 1. The fourth-order valence-electron chi connectivity index (χ4n) is 2.15. The third kappa shape index (κ3) is 3.75. The Labute approximate surface area is 111 Å². The van der Waals surface area contributed by atoms with Gasteiger partial charge in [0, 0.05) is 6.61 Å². The summed E-state index contributed by atoms with van der Waals surface area (Å²) in [6, 6.07) is 5.42. The summed E-state index contributed by atoms with van der Waals surface area (Å²) in [5, 5.41) is 8.90. The Morgan fingerprint density at radius 1 is 1.47 bits per heavy atom. The summed E-state index contributed by atoms with van der Waals surface area (Å²) < 4.78 is 42.5. The molecule has 1 aromatic carbocycles. The lowest BCUT2D eigenvalue weighted by molar-refractivity contribution is 0.127. The predicted molar refractivity (Wildman–Crippen MR) is 67.6 cm³/mol. The average Bonchev–Trinajstić information content (AvgIpc) is 2.80. The van der Waals surface area contributed by atoms with Crippen LogP contribution in [0.25, 0.3) is 0 Å². The lowest BCUT2D eigenvalue weighted by Crippen LogP contribution is -2.21. The third-order valence-corrected chi connectivity index (χ3v) is 4.66. The molecule has 2 rings (SSSR count). The van der Waals surface area contributed by atoms with E-state index in [1.165, 1.54) is 6.07 Å². The van der Waals surface area contributed by atoms with E-state index in [0.29, 0.717) is 6.61 Å². The van der Waals surface area contributed by atoms with Gasteiger partial charge in [0.05, 0.1) is 29.2 Å². The van der Waals surface area contributed by atoms with Gasteiger partial charge in [-0.05, 0) is 36.6 Å². The summed E-state index contributed by atoms with van der Waals surface area (Å²) in [7, 11) is -3.41. The van der Waals surface area contributed by atoms with Crippen molar-refractivity contribution >= 4 is 9.84 Å². The van der Waals surface area contributed by atoms with Crippen molar-refractivity contribution in [2.75, 3.05) is 12.4 Å². The zero-order valence-electron chi connectivity index (χ0n) is 10.3. The fraction of sp³-hybridized carbons (Fsp3) is 0.462. The summed E-state index contributed by atoms with van der Waals surface area (Å²) in [6.07, 6.45) is 1.32. The minimum absolute atomic E-state index is 0.0750. The second-order valence-corrected chi connectivity index (χ2v) is 6.71. The van der Waals surface area contributed by atoms with Crippen molar-refractivity contribution in [3.05, 3.63) is 35.1 Å². The van der Waals surface area contributed by atoms with E-state index < -0.39 is 15.7 Å². The lowest BCUT2D eigenvalue weighted by atomic mass is 10.1. The molecule has 1 aliphatic rings. The van der Waals surface area contributed by atoms with Crippen LogP contribution in [0.1, 0.15) is 24.0 Å². The molecule has 0 N–H and O–H groups in total. The number of sulfone groups is 1. The molecule has 1 aromatic rings. The van der Waals surface area contributed by atoms with Gasteiger partial charge in [-0.1, -0.05) is 0 Å². The van der Waals surface area contributed by atoms with Crippen LogP contribution in [-0.4, -0.2) is 26.9 Å². The van der Waals surface area contributed by atoms with E-state index in [1.807, 2.05) is 6.07 Å². The molecular weight excluding hydrogens is 269 g/mol. The van der Waals surface area contributed by atoms with Crippen LogP contribution >= 0.6 is 0 Å². The molecule has 0 saturated carbocycles. The van der Waals surface area contributed by atoms with Gasteiger partial charge in [0.15, 0.2) is 9.84 Å². The van der Waals surface area contributed by atoms with Crippen molar-refractivity contribution in [3.8, 4) is 6.07 Å². The number of nitriles is 1. The molecule has 4 nitrogen and oxygen atoms in total. The Bertz CT molecular complexity index is 601. The molecule has 0 radical (unpaired) electrons. The molecule has 1 saturated heterocycles. The van der Waals surface area contributed by atoms with E-state index in [2.05, 4.69) is 0 Å². The van der Waals surface area contributed by atoms with Crippen molar-refractivity contribution < 1.29 is 17.5 Å². The van der Waals surface area contributed by atoms with Gasteiger partial charge in [0.25, 0.3) is 0 Å². The Hall–Kier alpha value is -1.45. The minimum Gasteiger partial charge on any atom is -0.377 e. The van der Waals surface area contributed by atoms with Gasteiger partial charge in [-0.3, -0.25) is 0 Å². The highest BCUT2D eigenvalue weighted by atomic mass is 32.2. The number of hydrogen-bond donors (Lipinski definition) is 0. The van der Waals surface area contributed by atoms with Gasteiger partial charge < -0.3 is 4.74 Å². The first-order valence-electron chi connectivity index (χ1n) is 6.01. The summed E-state index contributed by atoms with van der Waals surface area (Å²) >= 11 is 0. The van der Waals surface area contributed by atoms with Crippen molar-refractivity contribution in [1.29, 1.82) is 5.26 Å². The van der Waals surface area contributed by atoms with Crippen LogP contribution in [0.5, 0.6) is 0 Å². The monoisotopic (exact) mass is 283 g/mol. The highest BCUT2D eigenvalue weighted by Gasteiger charge is 2.24. The minimum atomic E-state index is -3.41. The van der Waals surface area contributed by atoms with E-state index in [1.54, 1.807) is 0 Å². The van der Waals surface area contributed by atoms with Crippen molar-refractivity contribution in [3.63, 3.8) is 0 Å². The topological polar surface area (TPSA) is 67.2 Å². The molecule has 1 atom stereocenters. The summed E-state index contributed by atoms with van der Waals surface area (Å²) in [5.41, 5.74) is 0.401. The summed E-state index contributed by atoms with van der Waals surface area (Å²) in [5.74, 6) is -0.941. The highest BCUT2D eigenvalue weighted by Crippen LogP contribution is 2.18. The molecule has 1 fully saturated rings. The predicted octanol–water partition coefficient (Wildman–Crippen LogP) is 1.79. The zero-order chi connectivity index (χ0) is 13.9. The quantitative estimate of drug-likeness (QED) is 0.845. The molecule has 0 amide bonds. The zero-order valence-corrected chi connectivity index (χ0v) is 11.1. The van der Waals surface area contributed by atoms with E-state index in [-0.39, 0.29) is 28.7 Å². The number of nitrogens with zero attached hydrogens (tertiary/aromatic N) is 1. The molecular formula is C13H14FNO3S. The first-order valence-corrected chi connectivity index (χ1v) is 7.83. The van der Waals surface area contributed by atoms with Gasteiger partial charge in [0.1, 0.15) is 5.82 Å². The number of ether oxygens (including phenoxy) is 1. The Balaban J connectivity index is 2.15.